The highest BCUT2D eigenvalue weighted by Gasteiger charge is 2.23. The van der Waals surface area contributed by atoms with Gasteiger partial charge in [-0.1, -0.05) is 70.4 Å². The normalized spacial score (nSPS) is 11.4. The third-order valence-electron chi connectivity index (χ3n) is 10.9. The molecule has 5 aromatic carbocycles. The molecule has 0 atom stereocenters. The van der Waals surface area contributed by atoms with Crippen molar-refractivity contribution in [1.29, 1.82) is 0 Å². The molecule has 0 amide bonds. The Morgan fingerprint density at radius 1 is 0.404 bits per heavy atom. The topological polar surface area (TPSA) is 51.8 Å². The highest BCUT2D eigenvalue weighted by atomic mass is 16.3. The predicted octanol–water partition coefficient (Wildman–Crippen LogP) is -8.98. The lowest BCUT2D eigenvalue weighted by Gasteiger charge is -2.22. The van der Waals surface area contributed by atoms with Crippen molar-refractivity contribution in [2.75, 3.05) is 0 Å². The minimum atomic E-state index is 0.646. The minimum Gasteiger partial charge on any atom is -0.456 e. The van der Waals surface area contributed by atoms with E-state index < -0.39 is 0 Å². The third kappa shape index (κ3) is 4.96. The summed E-state index contributed by atoms with van der Waals surface area (Å²) in [6.07, 6.45) is 0. The third-order valence-corrected chi connectivity index (χ3v) is 10.9. The van der Waals surface area contributed by atoms with Crippen molar-refractivity contribution in [3.63, 3.8) is 0 Å². The molecule has 0 saturated carbocycles. The largest absolute Gasteiger partial charge is 0.456 e. The summed E-state index contributed by atoms with van der Waals surface area (Å²) in [5.41, 5.74) is 19.6. The Morgan fingerprint density at radius 2 is 0.894 bits per heavy atom. The fourth-order valence-electron chi connectivity index (χ4n) is 7.21. The van der Waals surface area contributed by atoms with E-state index in [0.717, 1.165) is 49.8 Å². The standard InChI is InChI=1S/C33H31B10N3O/c34-21-19(22(35)26(39)29(42)25(21)38)32-44-31(45-33(46-32)20-23(36)27(40)30(43)28(41)24(20)37)14-7-4-8-17-18(14)15-11-13(9-10-16(15)47-17)12-5-2-1-3-6-12/h1-11H,34-43H2. The molecule has 0 aliphatic rings. The lowest BCUT2D eigenvalue weighted by molar-refractivity contribution is 0.669. The van der Waals surface area contributed by atoms with Gasteiger partial charge >= 0.3 is 0 Å². The van der Waals surface area contributed by atoms with E-state index in [0.29, 0.717) is 17.5 Å². The second kappa shape index (κ2) is 11.7. The van der Waals surface area contributed by atoms with E-state index in [-0.39, 0.29) is 0 Å². The summed E-state index contributed by atoms with van der Waals surface area (Å²) in [4.78, 5) is 15.9. The van der Waals surface area contributed by atoms with Gasteiger partial charge in [0.1, 0.15) is 89.6 Å². The Labute approximate surface area is 285 Å². The van der Waals surface area contributed by atoms with Gasteiger partial charge in [-0.25, -0.2) is 15.0 Å². The molecular weight excluding hydrogens is 563 g/mol. The van der Waals surface area contributed by atoms with E-state index in [1.807, 2.05) is 18.2 Å². The van der Waals surface area contributed by atoms with Crippen molar-refractivity contribution < 1.29 is 4.42 Å². The van der Waals surface area contributed by atoms with Gasteiger partial charge in [0.05, 0.1) is 0 Å². The predicted molar refractivity (Wildman–Crippen MR) is 231 cm³/mol. The van der Waals surface area contributed by atoms with Crippen LogP contribution in [0.15, 0.2) is 71.1 Å². The molecule has 0 spiro atoms. The first-order chi connectivity index (χ1) is 22.5. The van der Waals surface area contributed by atoms with Crippen molar-refractivity contribution in [1.82, 2.24) is 15.0 Å². The Morgan fingerprint density at radius 3 is 1.43 bits per heavy atom. The summed E-state index contributed by atoms with van der Waals surface area (Å²) in [5.74, 6) is 2.05. The molecule has 214 valence electrons. The van der Waals surface area contributed by atoms with Crippen molar-refractivity contribution in [2.24, 2.45) is 0 Å². The summed E-state index contributed by atoms with van der Waals surface area (Å²) in [5, 5.41) is 2.06. The first-order valence-corrected chi connectivity index (χ1v) is 16.4. The van der Waals surface area contributed by atoms with Crippen LogP contribution in [0.5, 0.6) is 0 Å². The monoisotopic (exact) mass is 595 g/mol. The number of hydrogen-bond acceptors (Lipinski definition) is 4. The van der Waals surface area contributed by atoms with Crippen molar-refractivity contribution >= 4 is 155 Å². The molecule has 0 aliphatic carbocycles. The number of rotatable bonds is 4. The highest BCUT2D eigenvalue weighted by molar-refractivity contribution is 6.69. The lowest BCUT2D eigenvalue weighted by atomic mass is 9.60. The fourth-order valence-corrected chi connectivity index (χ4v) is 7.21. The molecular formula is C33H31B10N3O. The summed E-state index contributed by atoms with van der Waals surface area (Å²) in [7, 11) is 22.0. The maximum Gasteiger partial charge on any atom is 0.164 e. The van der Waals surface area contributed by atoms with Crippen LogP contribution >= 0.6 is 0 Å². The van der Waals surface area contributed by atoms with E-state index in [2.05, 4.69) is 127 Å². The van der Waals surface area contributed by atoms with E-state index in [1.165, 1.54) is 54.6 Å². The zero-order valence-corrected chi connectivity index (χ0v) is 29.1. The van der Waals surface area contributed by atoms with Crippen LogP contribution in [-0.2, 0) is 0 Å². The van der Waals surface area contributed by atoms with Gasteiger partial charge in [-0.15, -0.1) is 32.8 Å². The molecule has 14 heteroatoms. The Kier molecular flexibility index (Phi) is 7.74. The Bertz CT molecular complexity index is 2280. The molecule has 0 radical (unpaired) electrons. The number of aromatic nitrogens is 3. The quantitative estimate of drug-likeness (QED) is 0.191. The molecule has 0 aliphatic heterocycles. The molecule has 0 bridgehead atoms. The maximum absolute atomic E-state index is 6.43. The number of fused-ring (bicyclic) bond motifs is 3. The van der Waals surface area contributed by atoms with Gasteiger partial charge < -0.3 is 4.42 Å². The number of hydrogen-bond donors (Lipinski definition) is 0. The smallest absolute Gasteiger partial charge is 0.164 e. The second-order valence-electron chi connectivity index (χ2n) is 13.2. The van der Waals surface area contributed by atoms with Crippen LogP contribution in [-0.4, -0.2) is 93.4 Å². The van der Waals surface area contributed by atoms with E-state index in [1.54, 1.807) is 0 Å². The molecule has 47 heavy (non-hydrogen) atoms. The van der Waals surface area contributed by atoms with Gasteiger partial charge in [-0.3, -0.25) is 0 Å². The van der Waals surface area contributed by atoms with Crippen LogP contribution in [0.2, 0.25) is 0 Å². The van der Waals surface area contributed by atoms with E-state index in [4.69, 9.17) is 19.4 Å². The van der Waals surface area contributed by atoms with Crippen LogP contribution in [0.4, 0.5) is 0 Å². The number of benzene rings is 5. The van der Waals surface area contributed by atoms with Gasteiger partial charge in [0.15, 0.2) is 17.5 Å². The zero-order valence-electron chi connectivity index (χ0n) is 29.1. The average Bonchev–Trinajstić information content (AvgIpc) is 3.47. The number of furan rings is 1. The SMILES string of the molecule is Bc1c(B)c(B)c(-c2nc(-c3c(B)c(B)c(B)c(B)c3B)nc(-c3cccc4oc5ccc(-c6ccccc6)cc5c34)n2)c(B)c1B. The van der Waals surface area contributed by atoms with Gasteiger partial charge in [-0.05, 0) is 29.3 Å². The molecule has 0 saturated heterocycles. The summed E-state index contributed by atoms with van der Waals surface area (Å²) >= 11 is 0. The number of nitrogens with zero attached hydrogens (tertiary/aromatic N) is 3. The minimum absolute atomic E-state index is 0.646. The Hall–Kier alpha value is -4.44. The summed E-state index contributed by atoms with van der Waals surface area (Å²) < 4.78 is 6.43. The van der Waals surface area contributed by atoms with Gasteiger partial charge in [-0.2, -0.15) is 0 Å². The molecule has 4 nitrogen and oxygen atoms in total. The molecule has 7 aromatic rings. The summed E-state index contributed by atoms with van der Waals surface area (Å²) in [6, 6.07) is 23.1. The Balaban J connectivity index is 1.58. The van der Waals surface area contributed by atoms with Crippen molar-refractivity contribution in [3.05, 3.63) is 66.7 Å². The lowest BCUT2D eigenvalue weighted by Crippen LogP contribution is -2.55. The molecule has 2 aromatic heterocycles. The van der Waals surface area contributed by atoms with Gasteiger partial charge in [0.25, 0.3) is 0 Å². The van der Waals surface area contributed by atoms with E-state index >= 15 is 0 Å². The highest BCUT2D eigenvalue weighted by Crippen LogP contribution is 2.38. The average molecular weight is 594 g/mol. The van der Waals surface area contributed by atoms with Crippen LogP contribution in [0, 0.1) is 0 Å². The molecule has 2 heterocycles. The van der Waals surface area contributed by atoms with Crippen LogP contribution in [0.1, 0.15) is 0 Å². The van der Waals surface area contributed by atoms with Gasteiger partial charge in [0.2, 0.25) is 0 Å². The molecule has 0 unspecified atom stereocenters. The fraction of sp³-hybridized carbons (Fsp3) is 0. The first-order valence-electron chi connectivity index (χ1n) is 16.4. The maximum atomic E-state index is 6.43. The molecule has 0 fully saturated rings. The summed E-state index contributed by atoms with van der Waals surface area (Å²) in [6.45, 7) is 0. The van der Waals surface area contributed by atoms with E-state index in [9.17, 15) is 0 Å². The molecule has 7 rings (SSSR count). The second-order valence-corrected chi connectivity index (χ2v) is 13.2. The molecule has 0 N–H and O–H groups in total. The van der Waals surface area contributed by atoms with Crippen molar-refractivity contribution in [3.8, 4) is 45.3 Å². The first kappa shape index (κ1) is 31.2. The zero-order chi connectivity index (χ0) is 33.3. The van der Waals surface area contributed by atoms with Crippen LogP contribution in [0.25, 0.3) is 67.2 Å². The van der Waals surface area contributed by atoms with Crippen molar-refractivity contribution in [2.45, 2.75) is 0 Å². The van der Waals surface area contributed by atoms with Crippen LogP contribution < -0.4 is 54.6 Å². The van der Waals surface area contributed by atoms with Crippen LogP contribution in [0.3, 0.4) is 0 Å². The van der Waals surface area contributed by atoms with Gasteiger partial charge in [0, 0.05) is 27.5 Å².